The number of benzene rings is 1. The van der Waals surface area contributed by atoms with E-state index in [4.69, 9.17) is 16.4 Å². The zero-order valence-corrected chi connectivity index (χ0v) is 19.4. The molecule has 0 aliphatic heterocycles. The number of rotatable bonds is 3. The summed E-state index contributed by atoms with van der Waals surface area (Å²) >= 11 is 6.20. The van der Waals surface area contributed by atoms with Crippen LogP contribution in [0.1, 0.15) is 83.3 Å². The van der Waals surface area contributed by atoms with Crippen molar-refractivity contribution < 1.29 is 14.3 Å². The van der Waals surface area contributed by atoms with Crippen molar-refractivity contribution in [3.8, 4) is 0 Å². The van der Waals surface area contributed by atoms with Gasteiger partial charge in [-0.2, -0.15) is 0 Å². The normalized spacial score (nSPS) is 31.7. The standard InChI is InChI=1S/C21H27ClO.C2H4O2.C2H6/c1-3-4-14-12-19(23)21(2)10-9-17-16-8-6-15(22)11-13(16)5-7-18(17)20(14)21;1-4-2-3;1-2/h6,8,11,14,17-18,20H,3-5,7,9-10,12H2,1-2H3;2H,1H3;1-2H3. The molecule has 5 atom stereocenters. The van der Waals surface area contributed by atoms with Gasteiger partial charge in [0.1, 0.15) is 5.78 Å². The quantitative estimate of drug-likeness (QED) is 0.517. The van der Waals surface area contributed by atoms with Crippen LogP contribution in [0.15, 0.2) is 18.2 Å². The Kier molecular flexibility index (Phi) is 8.75. The summed E-state index contributed by atoms with van der Waals surface area (Å²) in [6.07, 6.45) is 7.90. The van der Waals surface area contributed by atoms with Gasteiger partial charge in [0.25, 0.3) is 6.47 Å². The Hall–Kier alpha value is -1.35. The first kappa shape index (κ1) is 23.9. The van der Waals surface area contributed by atoms with Crippen LogP contribution < -0.4 is 0 Å². The average molecular weight is 421 g/mol. The lowest BCUT2D eigenvalue weighted by Gasteiger charge is -2.50. The fourth-order valence-electron chi connectivity index (χ4n) is 6.25. The molecule has 4 heteroatoms. The Morgan fingerprint density at radius 3 is 2.59 bits per heavy atom. The van der Waals surface area contributed by atoms with Gasteiger partial charge in [0.15, 0.2) is 0 Å². The van der Waals surface area contributed by atoms with E-state index in [1.54, 1.807) is 0 Å². The van der Waals surface area contributed by atoms with Gasteiger partial charge in [0, 0.05) is 16.9 Å². The van der Waals surface area contributed by atoms with Crippen LogP contribution in [0, 0.1) is 23.2 Å². The summed E-state index contributed by atoms with van der Waals surface area (Å²) < 4.78 is 3.86. The van der Waals surface area contributed by atoms with Crippen molar-refractivity contribution in [2.45, 2.75) is 78.6 Å². The molecule has 5 unspecified atom stereocenters. The van der Waals surface area contributed by atoms with Crippen LogP contribution in [0.25, 0.3) is 0 Å². The van der Waals surface area contributed by atoms with Gasteiger partial charge < -0.3 is 4.74 Å². The molecule has 3 aliphatic rings. The van der Waals surface area contributed by atoms with Gasteiger partial charge >= 0.3 is 0 Å². The van der Waals surface area contributed by atoms with Gasteiger partial charge in [-0.3, -0.25) is 9.59 Å². The lowest BCUT2D eigenvalue weighted by molar-refractivity contribution is -0.129. The molecule has 0 aromatic heterocycles. The van der Waals surface area contributed by atoms with Gasteiger partial charge in [-0.15, -0.1) is 0 Å². The van der Waals surface area contributed by atoms with Gasteiger partial charge in [-0.25, -0.2) is 0 Å². The van der Waals surface area contributed by atoms with Crippen molar-refractivity contribution in [1.82, 2.24) is 0 Å². The molecule has 3 aliphatic carbocycles. The molecule has 2 fully saturated rings. The molecule has 0 bridgehead atoms. The molecular weight excluding hydrogens is 384 g/mol. The van der Waals surface area contributed by atoms with Gasteiger partial charge in [-0.1, -0.05) is 51.8 Å². The second-order valence-electron chi connectivity index (χ2n) is 8.64. The molecular formula is C25H37ClO3. The molecule has 4 rings (SSSR count). The third-order valence-electron chi connectivity index (χ3n) is 7.29. The predicted octanol–water partition coefficient (Wildman–Crippen LogP) is 6.61. The highest BCUT2D eigenvalue weighted by atomic mass is 35.5. The Labute approximate surface area is 181 Å². The maximum Gasteiger partial charge on any atom is 0.292 e. The third-order valence-corrected chi connectivity index (χ3v) is 7.52. The van der Waals surface area contributed by atoms with Crippen LogP contribution in [0.4, 0.5) is 0 Å². The van der Waals surface area contributed by atoms with Crippen molar-refractivity contribution >= 4 is 23.9 Å². The van der Waals surface area contributed by atoms with Crippen LogP contribution in [0.5, 0.6) is 0 Å². The summed E-state index contributed by atoms with van der Waals surface area (Å²) in [5.41, 5.74) is 2.95. The first-order chi connectivity index (χ1) is 14.0. The van der Waals surface area contributed by atoms with E-state index in [0.29, 0.717) is 35.9 Å². The number of hydrogen-bond donors (Lipinski definition) is 0. The minimum Gasteiger partial charge on any atom is -0.471 e. The topological polar surface area (TPSA) is 43.4 Å². The van der Waals surface area contributed by atoms with E-state index in [1.807, 2.05) is 13.8 Å². The molecule has 29 heavy (non-hydrogen) atoms. The zero-order chi connectivity index (χ0) is 21.6. The van der Waals surface area contributed by atoms with E-state index in [2.05, 4.69) is 36.8 Å². The number of ether oxygens (including phenoxy) is 1. The lowest BCUT2D eigenvalue weighted by Crippen LogP contribution is -2.44. The van der Waals surface area contributed by atoms with Crippen molar-refractivity contribution in [1.29, 1.82) is 0 Å². The molecule has 0 saturated heterocycles. The highest BCUT2D eigenvalue weighted by molar-refractivity contribution is 6.30. The summed E-state index contributed by atoms with van der Waals surface area (Å²) in [5.74, 6) is 3.14. The molecule has 0 spiro atoms. The molecule has 1 aromatic carbocycles. The first-order valence-corrected chi connectivity index (χ1v) is 11.6. The van der Waals surface area contributed by atoms with Crippen molar-refractivity contribution in [3.05, 3.63) is 34.3 Å². The number of aryl methyl sites for hydroxylation is 1. The number of hydrogen-bond acceptors (Lipinski definition) is 3. The van der Waals surface area contributed by atoms with Crippen molar-refractivity contribution in [2.75, 3.05) is 7.11 Å². The van der Waals surface area contributed by atoms with E-state index >= 15 is 0 Å². The highest BCUT2D eigenvalue weighted by Crippen LogP contribution is 2.62. The Bertz CT molecular complexity index is 701. The molecule has 0 heterocycles. The van der Waals surface area contributed by atoms with Crippen LogP contribution in [-0.4, -0.2) is 19.4 Å². The van der Waals surface area contributed by atoms with E-state index in [0.717, 1.165) is 24.3 Å². The van der Waals surface area contributed by atoms with Crippen molar-refractivity contribution in [3.63, 3.8) is 0 Å². The van der Waals surface area contributed by atoms with Crippen LogP contribution in [-0.2, 0) is 20.7 Å². The molecule has 1 aromatic rings. The molecule has 0 N–H and O–H groups in total. The fraction of sp³-hybridized carbons (Fsp3) is 0.680. The summed E-state index contributed by atoms with van der Waals surface area (Å²) in [5, 5.41) is 0.864. The van der Waals surface area contributed by atoms with Crippen LogP contribution in [0.2, 0.25) is 5.02 Å². The molecule has 0 radical (unpaired) electrons. The highest BCUT2D eigenvalue weighted by Gasteiger charge is 2.58. The third kappa shape index (κ3) is 4.71. The second-order valence-corrected chi connectivity index (χ2v) is 9.08. The SMILES string of the molecule is CC.CCCC1CC(=O)C2(C)CCC3c4ccc(Cl)cc4CCC3C12.COC=O. The van der Waals surface area contributed by atoms with E-state index in [1.165, 1.54) is 43.9 Å². The van der Waals surface area contributed by atoms with Crippen LogP contribution in [0.3, 0.4) is 0 Å². The maximum atomic E-state index is 12.8. The van der Waals surface area contributed by atoms with Crippen LogP contribution >= 0.6 is 11.6 Å². The number of carbonyl (C=O) groups excluding carboxylic acids is 2. The number of methoxy groups -OCH3 is 1. The minimum absolute atomic E-state index is 0.0368. The first-order valence-electron chi connectivity index (χ1n) is 11.2. The summed E-state index contributed by atoms with van der Waals surface area (Å²) in [7, 11) is 1.31. The Balaban J connectivity index is 0.000000449. The summed E-state index contributed by atoms with van der Waals surface area (Å²) in [4.78, 5) is 21.7. The molecule has 2 saturated carbocycles. The Morgan fingerprint density at radius 2 is 1.97 bits per heavy atom. The van der Waals surface area contributed by atoms with E-state index in [9.17, 15) is 4.79 Å². The molecule has 162 valence electrons. The molecule has 0 amide bonds. The van der Waals surface area contributed by atoms with Gasteiger partial charge in [-0.05, 0) is 79.0 Å². The lowest BCUT2D eigenvalue weighted by atomic mass is 9.54. The number of Topliss-reactive ketones (excluding diaryl/α,β-unsaturated/α-hetero) is 1. The van der Waals surface area contributed by atoms with Crippen molar-refractivity contribution in [2.24, 2.45) is 23.2 Å². The molecule has 3 nitrogen and oxygen atoms in total. The van der Waals surface area contributed by atoms with Gasteiger partial charge in [0.05, 0.1) is 7.11 Å². The smallest absolute Gasteiger partial charge is 0.292 e. The summed E-state index contributed by atoms with van der Waals surface area (Å²) in [6, 6.07) is 6.49. The fourth-order valence-corrected chi connectivity index (χ4v) is 6.44. The minimum atomic E-state index is -0.0368. The second kappa shape index (κ2) is 10.6. The predicted molar refractivity (Wildman–Crippen MR) is 119 cm³/mol. The number of ketones is 1. The van der Waals surface area contributed by atoms with E-state index in [-0.39, 0.29) is 5.41 Å². The maximum absolute atomic E-state index is 12.8. The largest absolute Gasteiger partial charge is 0.471 e. The number of fused-ring (bicyclic) bond motifs is 5. The number of halogens is 1. The number of carbonyl (C=O) groups is 2. The average Bonchev–Trinajstić information content (AvgIpc) is 2.99. The Morgan fingerprint density at radius 1 is 1.28 bits per heavy atom. The monoisotopic (exact) mass is 420 g/mol. The van der Waals surface area contributed by atoms with Gasteiger partial charge in [0.2, 0.25) is 0 Å². The zero-order valence-electron chi connectivity index (χ0n) is 18.7. The summed E-state index contributed by atoms with van der Waals surface area (Å²) in [6.45, 7) is 8.92. The van der Waals surface area contributed by atoms with E-state index < -0.39 is 0 Å².